The fourth-order valence-corrected chi connectivity index (χ4v) is 2.80. The van der Waals surface area contributed by atoms with Crippen LogP contribution >= 0.6 is 11.3 Å². The summed E-state index contributed by atoms with van der Waals surface area (Å²) in [6.07, 6.45) is 3.51. The van der Waals surface area contributed by atoms with E-state index in [0.29, 0.717) is 17.6 Å². The normalized spacial score (nSPS) is 11.3. The zero-order chi connectivity index (χ0) is 15.0. The Morgan fingerprint density at radius 2 is 2.19 bits per heavy atom. The highest BCUT2D eigenvalue weighted by Gasteiger charge is 2.13. The summed E-state index contributed by atoms with van der Waals surface area (Å²) in [7, 11) is 0. The summed E-state index contributed by atoms with van der Waals surface area (Å²) < 4.78 is 7.68. The number of fused-ring (bicyclic) bond motifs is 1. The predicted octanol–water partition coefficient (Wildman–Crippen LogP) is 2.86. The number of nitrogen functional groups attached to an aromatic ring is 1. The number of rotatable bonds is 4. The van der Waals surface area contributed by atoms with E-state index in [-0.39, 0.29) is 6.04 Å². The number of aryl methyl sites for hydroxylation is 1. The maximum atomic E-state index is 5.85. The van der Waals surface area contributed by atoms with Gasteiger partial charge in [-0.1, -0.05) is 0 Å². The number of hydrazine groups is 1. The van der Waals surface area contributed by atoms with Gasteiger partial charge in [-0.2, -0.15) is 10.1 Å². The summed E-state index contributed by atoms with van der Waals surface area (Å²) >= 11 is 1.57. The van der Waals surface area contributed by atoms with E-state index in [1.54, 1.807) is 17.5 Å². The molecule has 0 aliphatic carbocycles. The van der Waals surface area contributed by atoms with Crippen LogP contribution in [0.5, 0.6) is 11.6 Å². The molecule has 3 heterocycles. The molecule has 8 heteroatoms. The standard InChI is InChI=1S/C13H16N6OS/c1-7(2)19-6-9(5-15-19)20-11-10-4-8(3)21-12(10)17-13(16-11)18-14/h4-7H,14H2,1-3H3,(H,16,17,18). The number of aromatic nitrogens is 4. The van der Waals surface area contributed by atoms with Crippen LogP contribution in [-0.2, 0) is 0 Å². The van der Waals surface area contributed by atoms with Crippen LogP contribution in [0.4, 0.5) is 5.95 Å². The Bertz CT molecular complexity index is 778. The van der Waals surface area contributed by atoms with Gasteiger partial charge in [0.1, 0.15) is 4.83 Å². The van der Waals surface area contributed by atoms with Crippen molar-refractivity contribution in [3.8, 4) is 11.6 Å². The highest BCUT2D eigenvalue weighted by Crippen LogP contribution is 2.33. The lowest BCUT2D eigenvalue weighted by molar-refractivity contribution is 0.465. The molecular weight excluding hydrogens is 288 g/mol. The number of ether oxygens (including phenoxy) is 1. The van der Waals surface area contributed by atoms with Crippen LogP contribution in [0.25, 0.3) is 10.2 Å². The van der Waals surface area contributed by atoms with Crippen molar-refractivity contribution in [1.29, 1.82) is 0 Å². The average Bonchev–Trinajstić information content (AvgIpc) is 3.04. The molecule has 0 aromatic carbocycles. The molecule has 7 nitrogen and oxygen atoms in total. The Hall–Kier alpha value is -2.19. The summed E-state index contributed by atoms with van der Waals surface area (Å²) in [5, 5.41) is 5.12. The molecule has 0 unspecified atom stereocenters. The highest BCUT2D eigenvalue weighted by molar-refractivity contribution is 7.18. The van der Waals surface area contributed by atoms with Gasteiger partial charge in [-0.05, 0) is 26.8 Å². The molecule has 0 spiro atoms. The van der Waals surface area contributed by atoms with Gasteiger partial charge < -0.3 is 4.74 Å². The second-order valence-corrected chi connectivity index (χ2v) is 6.16. The van der Waals surface area contributed by atoms with Crippen molar-refractivity contribution in [1.82, 2.24) is 19.7 Å². The van der Waals surface area contributed by atoms with Gasteiger partial charge in [-0.3, -0.25) is 10.1 Å². The van der Waals surface area contributed by atoms with Gasteiger partial charge in [0.15, 0.2) is 5.75 Å². The van der Waals surface area contributed by atoms with Crippen LogP contribution < -0.4 is 16.0 Å². The second kappa shape index (κ2) is 5.30. The van der Waals surface area contributed by atoms with Crippen LogP contribution in [0.3, 0.4) is 0 Å². The molecule has 0 bridgehead atoms. The molecule has 21 heavy (non-hydrogen) atoms. The van der Waals surface area contributed by atoms with Crippen LogP contribution in [0, 0.1) is 6.92 Å². The maximum absolute atomic E-state index is 5.85. The second-order valence-electron chi connectivity index (χ2n) is 4.92. The van der Waals surface area contributed by atoms with Crippen LogP contribution in [0.1, 0.15) is 24.8 Å². The Balaban J connectivity index is 2.01. The molecule has 0 aliphatic rings. The first-order chi connectivity index (χ1) is 10.1. The number of hydrogen-bond acceptors (Lipinski definition) is 7. The largest absolute Gasteiger partial charge is 0.435 e. The van der Waals surface area contributed by atoms with Crippen molar-refractivity contribution in [3.63, 3.8) is 0 Å². The Labute approximate surface area is 125 Å². The molecular formula is C13H16N6OS. The molecule has 0 fully saturated rings. The topological polar surface area (TPSA) is 90.9 Å². The zero-order valence-electron chi connectivity index (χ0n) is 12.0. The summed E-state index contributed by atoms with van der Waals surface area (Å²) in [4.78, 5) is 10.6. The highest BCUT2D eigenvalue weighted by atomic mass is 32.1. The Kier molecular flexibility index (Phi) is 3.48. The zero-order valence-corrected chi connectivity index (χ0v) is 12.8. The fraction of sp³-hybridized carbons (Fsp3) is 0.308. The van der Waals surface area contributed by atoms with E-state index in [4.69, 9.17) is 10.6 Å². The molecule has 0 saturated heterocycles. The van der Waals surface area contributed by atoms with Gasteiger partial charge in [-0.15, -0.1) is 11.3 Å². The third-order valence-corrected chi connectivity index (χ3v) is 3.88. The maximum Gasteiger partial charge on any atom is 0.241 e. The predicted molar refractivity (Wildman–Crippen MR) is 82.6 cm³/mol. The van der Waals surface area contributed by atoms with Gasteiger partial charge in [-0.25, -0.2) is 10.8 Å². The molecule has 0 amide bonds. The number of nitrogens with two attached hydrogens (primary N) is 1. The number of nitrogens with one attached hydrogen (secondary N) is 1. The van der Waals surface area contributed by atoms with Crippen molar-refractivity contribution < 1.29 is 4.74 Å². The molecule has 3 aromatic heterocycles. The van der Waals surface area contributed by atoms with Gasteiger partial charge in [0.2, 0.25) is 11.8 Å². The fourth-order valence-electron chi connectivity index (χ4n) is 1.93. The Morgan fingerprint density at radius 3 is 2.86 bits per heavy atom. The smallest absolute Gasteiger partial charge is 0.241 e. The van der Waals surface area contributed by atoms with E-state index < -0.39 is 0 Å². The number of nitrogens with zero attached hydrogens (tertiary/aromatic N) is 4. The quantitative estimate of drug-likeness (QED) is 0.569. The first-order valence-corrected chi connectivity index (χ1v) is 7.35. The van der Waals surface area contributed by atoms with Crippen molar-refractivity contribution >= 4 is 27.5 Å². The van der Waals surface area contributed by atoms with E-state index in [9.17, 15) is 0 Å². The number of hydrogen-bond donors (Lipinski definition) is 2. The SMILES string of the molecule is Cc1cc2c(Oc3cnn(C(C)C)c3)nc(NN)nc2s1. The third kappa shape index (κ3) is 2.67. The first-order valence-electron chi connectivity index (χ1n) is 6.53. The summed E-state index contributed by atoms with van der Waals surface area (Å²) in [6.45, 7) is 6.12. The molecule has 0 aliphatic heterocycles. The van der Waals surface area contributed by atoms with E-state index in [1.807, 2.05) is 23.9 Å². The first kappa shape index (κ1) is 13.8. The van der Waals surface area contributed by atoms with E-state index in [1.165, 1.54) is 0 Å². The number of anilines is 1. The van der Waals surface area contributed by atoms with Crippen LogP contribution in [0.2, 0.25) is 0 Å². The number of thiophene rings is 1. The lowest BCUT2D eigenvalue weighted by Gasteiger charge is -2.06. The van der Waals surface area contributed by atoms with Crippen molar-refractivity contribution in [2.24, 2.45) is 5.84 Å². The molecule has 0 radical (unpaired) electrons. The monoisotopic (exact) mass is 304 g/mol. The van der Waals surface area contributed by atoms with Crippen molar-refractivity contribution in [2.75, 3.05) is 5.43 Å². The Morgan fingerprint density at radius 1 is 1.38 bits per heavy atom. The van der Waals surface area contributed by atoms with Gasteiger partial charge >= 0.3 is 0 Å². The van der Waals surface area contributed by atoms with Crippen molar-refractivity contribution in [2.45, 2.75) is 26.8 Å². The molecule has 3 N–H and O–H groups in total. The minimum atomic E-state index is 0.275. The lowest BCUT2D eigenvalue weighted by Crippen LogP contribution is -2.10. The van der Waals surface area contributed by atoms with Gasteiger partial charge in [0.25, 0.3) is 0 Å². The molecule has 3 rings (SSSR count). The van der Waals surface area contributed by atoms with E-state index in [0.717, 1.165) is 15.1 Å². The van der Waals surface area contributed by atoms with Gasteiger partial charge in [0.05, 0.1) is 17.8 Å². The van der Waals surface area contributed by atoms with Gasteiger partial charge in [0, 0.05) is 10.9 Å². The minimum absolute atomic E-state index is 0.275. The van der Waals surface area contributed by atoms with Crippen molar-refractivity contribution in [3.05, 3.63) is 23.3 Å². The summed E-state index contributed by atoms with van der Waals surface area (Å²) in [6, 6.07) is 2.28. The molecule has 0 saturated carbocycles. The molecule has 0 atom stereocenters. The van der Waals surface area contributed by atoms with Crippen LogP contribution in [0.15, 0.2) is 18.5 Å². The third-order valence-electron chi connectivity index (χ3n) is 2.93. The van der Waals surface area contributed by atoms with E-state index in [2.05, 4.69) is 34.3 Å². The summed E-state index contributed by atoms with van der Waals surface area (Å²) in [5.74, 6) is 6.85. The summed E-state index contributed by atoms with van der Waals surface area (Å²) in [5.41, 5.74) is 2.46. The average molecular weight is 304 g/mol. The lowest BCUT2D eigenvalue weighted by atomic mass is 10.3. The molecule has 110 valence electrons. The minimum Gasteiger partial charge on any atom is -0.435 e. The van der Waals surface area contributed by atoms with Crippen LogP contribution in [-0.4, -0.2) is 19.7 Å². The molecule has 3 aromatic rings. The van der Waals surface area contributed by atoms with E-state index >= 15 is 0 Å².